The number of nitrogens with zero attached hydrogens (tertiary/aromatic N) is 2. The largest absolute Gasteiger partial charge is 0.465 e. The van der Waals surface area contributed by atoms with Gasteiger partial charge in [0.25, 0.3) is 0 Å². The zero-order valence-corrected chi connectivity index (χ0v) is 44.3. The molecule has 0 aliphatic heterocycles. The summed E-state index contributed by atoms with van der Waals surface area (Å²) in [5.41, 5.74) is 0. The van der Waals surface area contributed by atoms with Gasteiger partial charge in [0.15, 0.2) is 0 Å². The maximum atomic E-state index is 12.6. The molecule has 0 aliphatic rings. The van der Waals surface area contributed by atoms with Gasteiger partial charge in [-0.15, -0.1) is 0 Å². The molecule has 0 aromatic heterocycles. The minimum Gasteiger partial charge on any atom is -0.465 e. The van der Waals surface area contributed by atoms with Gasteiger partial charge in [-0.1, -0.05) is 182 Å². The lowest BCUT2D eigenvalue weighted by molar-refractivity contribution is -0.144. The third-order valence-corrected chi connectivity index (χ3v) is 17.3. The Morgan fingerprint density at radius 3 is 1.18 bits per heavy atom. The number of rotatable bonds is 50. The number of hydrogen-bond acceptors (Lipinski definition) is 15. The summed E-state index contributed by atoms with van der Waals surface area (Å²) in [5, 5.41) is 3.38. The van der Waals surface area contributed by atoms with E-state index in [1.165, 1.54) is 121 Å². The molecule has 0 unspecified atom stereocenters. The molecular weight excluding hydrogens is 883 g/mol. The number of ether oxygens (including phenoxy) is 3. The van der Waals surface area contributed by atoms with Crippen molar-refractivity contribution >= 4 is 82.7 Å². The van der Waals surface area contributed by atoms with E-state index in [4.69, 9.17) is 14.2 Å². The molecule has 0 aromatic carbocycles. The zero-order chi connectivity index (χ0) is 44.5. The maximum absolute atomic E-state index is 12.6. The molecule has 0 rings (SSSR count). The van der Waals surface area contributed by atoms with Crippen molar-refractivity contribution < 1.29 is 28.6 Å². The fraction of sp³-hybridized carbons (Fsp3) is 0.935. The molecule has 0 saturated heterocycles. The molecular formula is C46H91N3O6S6. The Morgan fingerprint density at radius 1 is 0.393 bits per heavy atom. The molecule has 0 saturated carbocycles. The first-order valence-corrected chi connectivity index (χ1v) is 31.7. The molecule has 0 spiro atoms. The average Bonchev–Trinajstić information content (AvgIpc) is 3.25. The van der Waals surface area contributed by atoms with Crippen LogP contribution < -0.4 is 5.32 Å². The van der Waals surface area contributed by atoms with Gasteiger partial charge in [0.2, 0.25) is 0 Å². The highest BCUT2D eigenvalue weighted by Crippen LogP contribution is 2.24. The minimum atomic E-state index is -0.172. The quantitative estimate of drug-likeness (QED) is 0.0271. The number of unbranched alkanes of at least 4 members (excludes halogenated alkanes) is 15. The average molecular weight is 975 g/mol. The van der Waals surface area contributed by atoms with Crippen LogP contribution in [0.5, 0.6) is 0 Å². The summed E-state index contributed by atoms with van der Waals surface area (Å²) in [6.45, 7) is 13.4. The van der Waals surface area contributed by atoms with Crippen molar-refractivity contribution in [2.45, 2.75) is 168 Å². The van der Waals surface area contributed by atoms with Gasteiger partial charge >= 0.3 is 17.9 Å². The van der Waals surface area contributed by atoms with Gasteiger partial charge in [-0.2, -0.15) is 0 Å². The Balaban J connectivity index is 4.28. The molecule has 0 atom stereocenters. The van der Waals surface area contributed by atoms with Gasteiger partial charge in [0, 0.05) is 54.2 Å². The molecule has 15 heteroatoms. The van der Waals surface area contributed by atoms with Gasteiger partial charge in [0.05, 0.1) is 19.3 Å². The third kappa shape index (κ3) is 49.7. The highest BCUT2D eigenvalue weighted by molar-refractivity contribution is 8.77. The van der Waals surface area contributed by atoms with Crippen molar-refractivity contribution in [2.24, 2.45) is 0 Å². The fourth-order valence-electron chi connectivity index (χ4n) is 6.26. The van der Waals surface area contributed by atoms with Crippen LogP contribution in [-0.2, 0) is 28.6 Å². The lowest BCUT2D eigenvalue weighted by Crippen LogP contribution is -2.33. The van der Waals surface area contributed by atoms with Crippen molar-refractivity contribution in [3.63, 3.8) is 0 Å². The summed E-state index contributed by atoms with van der Waals surface area (Å²) >= 11 is 0. The third-order valence-electron chi connectivity index (χ3n) is 9.96. The Kier molecular flexibility index (Phi) is 51.7. The topological polar surface area (TPSA) is 97.4 Å². The SMILES string of the molecule is CCCCCCCCSSCCOC(=O)CCNCCCN(C)CCCN(CCC(=O)OCCSSCCCCCCCC)CCC(=O)OCCSSCCCCCCCC. The molecule has 0 aromatic rings. The van der Waals surface area contributed by atoms with Crippen molar-refractivity contribution in [1.82, 2.24) is 15.1 Å². The van der Waals surface area contributed by atoms with Crippen LogP contribution in [0.3, 0.4) is 0 Å². The monoisotopic (exact) mass is 974 g/mol. The second-order valence-electron chi connectivity index (χ2n) is 15.7. The molecule has 0 bridgehead atoms. The second-order valence-corrected chi connectivity index (χ2v) is 23.9. The predicted molar refractivity (Wildman–Crippen MR) is 278 cm³/mol. The van der Waals surface area contributed by atoms with E-state index in [1.54, 1.807) is 32.4 Å². The van der Waals surface area contributed by atoms with Crippen LogP contribution in [0.2, 0.25) is 0 Å². The van der Waals surface area contributed by atoms with E-state index in [-0.39, 0.29) is 17.9 Å². The molecule has 0 radical (unpaired) electrons. The van der Waals surface area contributed by atoms with Gasteiger partial charge < -0.3 is 29.3 Å². The molecule has 0 amide bonds. The van der Waals surface area contributed by atoms with Crippen LogP contribution in [0.25, 0.3) is 0 Å². The molecule has 0 fully saturated rings. The number of esters is 3. The van der Waals surface area contributed by atoms with E-state index in [0.717, 1.165) is 67.8 Å². The molecule has 0 aliphatic carbocycles. The fourth-order valence-corrected chi connectivity index (χ4v) is 12.2. The van der Waals surface area contributed by atoms with Crippen LogP contribution in [0.4, 0.5) is 0 Å². The second kappa shape index (κ2) is 51.4. The van der Waals surface area contributed by atoms with Crippen LogP contribution >= 0.6 is 64.8 Å². The van der Waals surface area contributed by atoms with Gasteiger partial charge in [-0.05, 0) is 65.3 Å². The van der Waals surface area contributed by atoms with Gasteiger partial charge in [-0.3, -0.25) is 14.4 Å². The number of hydrogen-bond donors (Lipinski definition) is 1. The van der Waals surface area contributed by atoms with Crippen LogP contribution in [-0.4, -0.2) is 135 Å². The van der Waals surface area contributed by atoms with Crippen LogP contribution in [0.1, 0.15) is 168 Å². The first kappa shape index (κ1) is 61.4. The molecule has 0 heterocycles. The van der Waals surface area contributed by atoms with Crippen molar-refractivity contribution in [1.29, 1.82) is 0 Å². The number of carbonyl (C=O) groups is 3. The maximum Gasteiger partial charge on any atom is 0.307 e. The van der Waals surface area contributed by atoms with E-state index in [2.05, 4.69) is 42.9 Å². The lowest BCUT2D eigenvalue weighted by Gasteiger charge is -2.23. The van der Waals surface area contributed by atoms with Crippen molar-refractivity contribution in [3.05, 3.63) is 0 Å². The summed E-state index contributed by atoms with van der Waals surface area (Å²) in [4.78, 5) is 41.9. The van der Waals surface area contributed by atoms with Crippen LogP contribution in [0.15, 0.2) is 0 Å². The first-order chi connectivity index (χ1) is 29.9. The Bertz CT molecular complexity index is 922. The Morgan fingerprint density at radius 2 is 0.754 bits per heavy atom. The summed E-state index contributed by atoms with van der Waals surface area (Å²) in [7, 11) is 13.2. The first-order valence-electron chi connectivity index (χ1n) is 24.2. The Labute approximate surface area is 399 Å². The van der Waals surface area contributed by atoms with Crippen molar-refractivity contribution in [2.75, 3.05) is 107 Å². The predicted octanol–water partition coefficient (Wildman–Crippen LogP) is 12.6. The molecule has 362 valence electrons. The zero-order valence-electron chi connectivity index (χ0n) is 39.4. The smallest absolute Gasteiger partial charge is 0.307 e. The van der Waals surface area contributed by atoms with Gasteiger partial charge in [-0.25, -0.2) is 0 Å². The van der Waals surface area contributed by atoms with E-state index >= 15 is 0 Å². The van der Waals surface area contributed by atoms with Gasteiger partial charge in [0.1, 0.15) is 19.8 Å². The summed E-state index contributed by atoms with van der Waals surface area (Å²) < 4.78 is 16.5. The summed E-state index contributed by atoms with van der Waals surface area (Å²) in [6.07, 6.45) is 26.7. The van der Waals surface area contributed by atoms with E-state index in [0.29, 0.717) is 58.7 Å². The van der Waals surface area contributed by atoms with E-state index < -0.39 is 0 Å². The number of nitrogens with one attached hydrogen (secondary N) is 1. The standard InChI is InChI=1S/C46H91N3O6S6/c1-5-8-11-14-17-20-38-56-59-41-35-53-44(50)25-29-47-28-23-30-48(4)31-24-32-49(33-26-45(51)54-36-42-60-57-39-21-18-15-12-9-6-2)34-27-46(52)55-37-43-61-58-40-22-19-16-13-10-7-3/h47H,5-43H2,1-4H3. The van der Waals surface area contributed by atoms with E-state index in [1.807, 2.05) is 32.4 Å². The highest BCUT2D eigenvalue weighted by Gasteiger charge is 2.13. The van der Waals surface area contributed by atoms with E-state index in [9.17, 15) is 14.4 Å². The molecule has 1 N–H and O–H groups in total. The highest BCUT2D eigenvalue weighted by atomic mass is 33.1. The molecule has 9 nitrogen and oxygen atoms in total. The molecule has 61 heavy (non-hydrogen) atoms. The normalized spacial score (nSPS) is 11.5. The van der Waals surface area contributed by atoms with Crippen molar-refractivity contribution in [3.8, 4) is 0 Å². The Hall–Kier alpha value is 0.390. The number of carbonyl (C=O) groups excluding carboxylic acids is 3. The summed E-state index contributed by atoms with van der Waals surface area (Å²) in [6, 6.07) is 0. The van der Waals surface area contributed by atoms with Crippen LogP contribution in [0, 0.1) is 0 Å². The minimum absolute atomic E-state index is 0.128. The lowest BCUT2D eigenvalue weighted by atomic mass is 10.1. The summed E-state index contributed by atoms with van der Waals surface area (Å²) in [5.74, 6) is 5.48.